The SMILES string of the molecule is CN1CC2(CC(O)c3cc(-c4n[nH]c5ccc(C(=O)N[C@H](c6ccccc6)C6CC6)cc45)ccc3O2)C1. The molecule has 188 valence electrons. The number of rotatable bonds is 5. The molecule has 3 heterocycles. The first-order valence-corrected chi connectivity index (χ1v) is 13.0. The summed E-state index contributed by atoms with van der Waals surface area (Å²) in [6.45, 7) is 1.65. The highest BCUT2D eigenvalue weighted by Gasteiger charge is 2.48. The average molecular weight is 495 g/mol. The fourth-order valence-electron chi connectivity index (χ4n) is 6.08. The van der Waals surface area contributed by atoms with E-state index in [0.717, 1.165) is 65.0 Å². The molecular weight excluding hydrogens is 464 g/mol. The molecule has 4 aromatic rings. The molecule has 1 aromatic heterocycles. The molecule has 3 aliphatic rings. The van der Waals surface area contributed by atoms with Crippen molar-refractivity contribution in [3.63, 3.8) is 0 Å². The van der Waals surface area contributed by atoms with Gasteiger partial charge in [0.05, 0.1) is 23.4 Å². The molecule has 1 aliphatic carbocycles. The number of aliphatic hydroxyl groups is 1. The van der Waals surface area contributed by atoms with Crippen LogP contribution >= 0.6 is 0 Å². The number of aromatic amines is 1. The first-order valence-electron chi connectivity index (χ1n) is 13.0. The quantitative estimate of drug-likeness (QED) is 0.377. The summed E-state index contributed by atoms with van der Waals surface area (Å²) < 4.78 is 6.32. The predicted octanol–water partition coefficient (Wildman–Crippen LogP) is 4.61. The van der Waals surface area contributed by atoms with Gasteiger partial charge < -0.3 is 15.2 Å². The molecule has 3 N–H and O–H groups in total. The zero-order valence-electron chi connectivity index (χ0n) is 20.8. The number of ether oxygens (including phenoxy) is 1. The van der Waals surface area contributed by atoms with Crippen LogP contribution in [0.1, 0.15) is 52.9 Å². The Balaban J connectivity index is 1.18. The zero-order chi connectivity index (χ0) is 25.1. The molecule has 0 radical (unpaired) electrons. The molecule has 2 atom stereocenters. The van der Waals surface area contributed by atoms with E-state index in [1.807, 2.05) is 54.6 Å². The standard InChI is InChI=1S/C30H30N4O3/c1-34-16-30(17-34)15-25(35)23-13-20(10-12-26(23)37-30)28-22-14-21(9-11-24(22)32-33-28)29(36)31-27(19-7-8-19)18-5-3-2-4-6-18/h2-6,9-14,19,25,27,35H,7-8,15-17H2,1H3,(H,31,36)(H,32,33)/t25?,27-/m1/s1. The van der Waals surface area contributed by atoms with Crippen LogP contribution in [0.25, 0.3) is 22.2 Å². The Kier molecular flexibility index (Phi) is 5.13. The molecule has 1 saturated heterocycles. The lowest BCUT2D eigenvalue weighted by Crippen LogP contribution is -2.65. The van der Waals surface area contributed by atoms with Crippen molar-refractivity contribution in [3.8, 4) is 17.0 Å². The molecular formula is C30H30N4O3. The number of aromatic nitrogens is 2. The van der Waals surface area contributed by atoms with Crippen molar-refractivity contribution < 1.29 is 14.6 Å². The molecule has 0 bridgehead atoms. The highest BCUT2D eigenvalue weighted by Crippen LogP contribution is 2.45. The summed E-state index contributed by atoms with van der Waals surface area (Å²) in [6.07, 6.45) is 2.27. The second-order valence-corrected chi connectivity index (χ2v) is 11.0. The lowest BCUT2D eigenvalue weighted by atomic mass is 9.83. The number of carbonyl (C=O) groups is 1. The van der Waals surface area contributed by atoms with Gasteiger partial charge in [-0.25, -0.2) is 0 Å². The molecule has 7 nitrogen and oxygen atoms in total. The van der Waals surface area contributed by atoms with E-state index in [4.69, 9.17) is 4.74 Å². The third-order valence-electron chi connectivity index (χ3n) is 8.01. The van der Waals surface area contributed by atoms with Gasteiger partial charge in [0.2, 0.25) is 0 Å². The maximum Gasteiger partial charge on any atom is 0.251 e. The van der Waals surface area contributed by atoms with Crippen LogP contribution in [0.15, 0.2) is 66.7 Å². The van der Waals surface area contributed by atoms with Crippen molar-refractivity contribution in [2.24, 2.45) is 5.92 Å². The van der Waals surface area contributed by atoms with Crippen LogP contribution in [-0.2, 0) is 0 Å². The van der Waals surface area contributed by atoms with Crippen molar-refractivity contribution in [1.29, 1.82) is 0 Å². The average Bonchev–Trinajstić information content (AvgIpc) is 3.65. The van der Waals surface area contributed by atoms with Crippen molar-refractivity contribution in [2.75, 3.05) is 20.1 Å². The molecule has 1 unspecified atom stereocenters. The smallest absolute Gasteiger partial charge is 0.251 e. The summed E-state index contributed by atoms with van der Waals surface area (Å²) >= 11 is 0. The first-order chi connectivity index (χ1) is 18.0. The normalized spacial score (nSPS) is 21.2. The lowest BCUT2D eigenvalue weighted by molar-refractivity contribution is -0.106. The molecule has 1 saturated carbocycles. The molecule has 3 aromatic carbocycles. The van der Waals surface area contributed by atoms with Crippen LogP contribution in [0.5, 0.6) is 5.75 Å². The number of benzene rings is 3. The molecule has 2 aliphatic heterocycles. The Morgan fingerprint density at radius 2 is 1.95 bits per heavy atom. The highest BCUT2D eigenvalue weighted by molar-refractivity contribution is 6.01. The predicted molar refractivity (Wildman–Crippen MR) is 141 cm³/mol. The van der Waals surface area contributed by atoms with Gasteiger partial charge in [0.1, 0.15) is 11.4 Å². The van der Waals surface area contributed by atoms with Gasteiger partial charge in [-0.3, -0.25) is 14.8 Å². The van der Waals surface area contributed by atoms with Gasteiger partial charge in [0.25, 0.3) is 5.91 Å². The van der Waals surface area contributed by atoms with Gasteiger partial charge in [-0.2, -0.15) is 5.10 Å². The number of likely N-dealkylation sites (N-methyl/N-ethyl adjacent to an activating group) is 1. The van der Waals surface area contributed by atoms with E-state index < -0.39 is 6.10 Å². The number of H-pyrrole nitrogens is 1. The van der Waals surface area contributed by atoms with Gasteiger partial charge in [-0.05, 0) is 67.8 Å². The van der Waals surface area contributed by atoms with Gasteiger partial charge in [0, 0.05) is 41.6 Å². The van der Waals surface area contributed by atoms with Crippen LogP contribution in [0.2, 0.25) is 0 Å². The molecule has 37 heavy (non-hydrogen) atoms. The number of hydrogen-bond donors (Lipinski definition) is 3. The van der Waals surface area contributed by atoms with E-state index in [9.17, 15) is 9.90 Å². The summed E-state index contributed by atoms with van der Waals surface area (Å²) in [5, 5.41) is 22.8. The van der Waals surface area contributed by atoms with Crippen LogP contribution in [0.3, 0.4) is 0 Å². The number of amides is 1. The Morgan fingerprint density at radius 1 is 1.14 bits per heavy atom. The number of hydrogen-bond acceptors (Lipinski definition) is 5. The van der Waals surface area contributed by atoms with Crippen molar-refractivity contribution in [2.45, 2.75) is 37.0 Å². The third kappa shape index (κ3) is 3.99. The topological polar surface area (TPSA) is 90.5 Å². The van der Waals surface area contributed by atoms with E-state index in [-0.39, 0.29) is 17.6 Å². The maximum atomic E-state index is 13.3. The summed E-state index contributed by atoms with van der Waals surface area (Å²) in [6, 6.07) is 21.8. The number of aliphatic hydroxyl groups excluding tert-OH is 1. The molecule has 7 rings (SSSR count). The molecule has 2 fully saturated rings. The van der Waals surface area contributed by atoms with Crippen molar-refractivity contribution in [3.05, 3.63) is 83.4 Å². The summed E-state index contributed by atoms with van der Waals surface area (Å²) in [5.74, 6) is 1.14. The van der Waals surface area contributed by atoms with Crippen LogP contribution in [0, 0.1) is 5.92 Å². The molecule has 1 amide bonds. The minimum Gasteiger partial charge on any atom is -0.484 e. The highest BCUT2D eigenvalue weighted by atomic mass is 16.5. The molecule has 7 heteroatoms. The van der Waals surface area contributed by atoms with E-state index in [1.165, 1.54) is 0 Å². The molecule has 1 spiro atoms. The van der Waals surface area contributed by atoms with Crippen LogP contribution in [-0.4, -0.2) is 51.8 Å². The monoisotopic (exact) mass is 494 g/mol. The van der Waals surface area contributed by atoms with E-state index in [1.54, 1.807) is 0 Å². The lowest BCUT2D eigenvalue weighted by Gasteiger charge is -2.51. The second-order valence-electron chi connectivity index (χ2n) is 11.0. The number of nitrogens with zero attached hydrogens (tertiary/aromatic N) is 2. The maximum absolute atomic E-state index is 13.3. The Labute approximate surface area is 215 Å². The summed E-state index contributed by atoms with van der Waals surface area (Å²) in [5.41, 5.74) is 4.75. The Morgan fingerprint density at radius 3 is 2.70 bits per heavy atom. The van der Waals surface area contributed by atoms with E-state index >= 15 is 0 Å². The van der Waals surface area contributed by atoms with Crippen molar-refractivity contribution >= 4 is 16.8 Å². The number of likely N-dealkylation sites (tertiary alicyclic amines) is 1. The number of carbonyl (C=O) groups excluding carboxylic acids is 1. The first kappa shape index (κ1) is 22.5. The Hall–Kier alpha value is -3.68. The fraction of sp³-hybridized carbons (Fsp3) is 0.333. The van der Waals surface area contributed by atoms with Crippen LogP contribution in [0.4, 0.5) is 0 Å². The van der Waals surface area contributed by atoms with Gasteiger partial charge in [-0.1, -0.05) is 30.3 Å². The fourth-order valence-corrected chi connectivity index (χ4v) is 6.08. The largest absolute Gasteiger partial charge is 0.484 e. The van der Waals surface area contributed by atoms with Crippen LogP contribution < -0.4 is 10.1 Å². The number of nitrogens with one attached hydrogen (secondary N) is 2. The zero-order valence-corrected chi connectivity index (χ0v) is 20.8. The summed E-state index contributed by atoms with van der Waals surface area (Å²) in [4.78, 5) is 15.5. The minimum atomic E-state index is -0.582. The van der Waals surface area contributed by atoms with Crippen molar-refractivity contribution in [1.82, 2.24) is 20.4 Å². The van der Waals surface area contributed by atoms with Gasteiger partial charge >= 0.3 is 0 Å². The minimum absolute atomic E-state index is 0.0223. The summed E-state index contributed by atoms with van der Waals surface area (Å²) in [7, 11) is 2.06. The van der Waals surface area contributed by atoms with Gasteiger partial charge in [0.15, 0.2) is 0 Å². The second kappa shape index (κ2) is 8.43. The van der Waals surface area contributed by atoms with E-state index in [2.05, 4.69) is 39.6 Å². The third-order valence-corrected chi connectivity index (χ3v) is 8.01. The Bertz CT molecular complexity index is 1490. The number of fused-ring (bicyclic) bond motifs is 2. The van der Waals surface area contributed by atoms with E-state index in [0.29, 0.717) is 17.9 Å². The van der Waals surface area contributed by atoms with Gasteiger partial charge in [-0.15, -0.1) is 0 Å².